The highest BCUT2D eigenvalue weighted by molar-refractivity contribution is 5.85. The molecule has 5 nitrogen and oxygen atoms in total. The van der Waals surface area contributed by atoms with Crippen LogP contribution in [0, 0.1) is 0 Å². The van der Waals surface area contributed by atoms with Crippen LogP contribution in [-0.4, -0.2) is 65.6 Å². The summed E-state index contributed by atoms with van der Waals surface area (Å²) in [6.45, 7) is 7.03. The number of carbonyl (C=O) groups is 1. The summed E-state index contributed by atoms with van der Waals surface area (Å²) in [7, 11) is 0. The summed E-state index contributed by atoms with van der Waals surface area (Å²) in [4.78, 5) is 19.7. The lowest BCUT2D eigenvalue weighted by Crippen LogP contribution is -2.58. The van der Waals surface area contributed by atoms with E-state index in [0.717, 1.165) is 52.0 Å². The van der Waals surface area contributed by atoms with Crippen LogP contribution in [0.2, 0.25) is 0 Å². The number of aromatic nitrogens is 1. The summed E-state index contributed by atoms with van der Waals surface area (Å²) in [5, 5.41) is 1.34. The molecule has 2 saturated heterocycles. The molecule has 1 spiro atoms. The molecule has 2 aliphatic rings. The van der Waals surface area contributed by atoms with Crippen molar-refractivity contribution in [2.75, 3.05) is 39.3 Å². The average Bonchev–Trinajstić information content (AvgIpc) is 3.07. The van der Waals surface area contributed by atoms with E-state index in [1.165, 1.54) is 16.5 Å². The highest BCUT2D eigenvalue weighted by Gasteiger charge is 2.41. The molecule has 2 aromatic rings. The fourth-order valence-corrected chi connectivity index (χ4v) is 4.18. The quantitative estimate of drug-likeness (QED) is 0.891. The molecular formula is C20H28ClN3O2. The average molecular weight is 378 g/mol. The van der Waals surface area contributed by atoms with Crippen LogP contribution in [0.4, 0.5) is 0 Å². The van der Waals surface area contributed by atoms with Gasteiger partial charge in [0.1, 0.15) is 6.61 Å². The van der Waals surface area contributed by atoms with Crippen molar-refractivity contribution in [1.82, 2.24) is 14.8 Å². The number of fused-ring (bicyclic) bond motifs is 1. The Morgan fingerprint density at radius 1 is 1.23 bits per heavy atom. The lowest BCUT2D eigenvalue weighted by Gasteiger charge is -2.46. The van der Waals surface area contributed by atoms with Gasteiger partial charge in [-0.2, -0.15) is 0 Å². The number of nitrogens with zero attached hydrogens (tertiary/aromatic N) is 2. The van der Waals surface area contributed by atoms with Gasteiger partial charge in [-0.3, -0.25) is 4.79 Å². The van der Waals surface area contributed by atoms with Crippen molar-refractivity contribution in [2.24, 2.45) is 0 Å². The van der Waals surface area contributed by atoms with Gasteiger partial charge in [0.2, 0.25) is 5.91 Å². The summed E-state index contributed by atoms with van der Waals surface area (Å²) in [5.74, 6) is 0.134. The molecular weight excluding hydrogens is 350 g/mol. The molecule has 1 aromatic heterocycles. The monoisotopic (exact) mass is 377 g/mol. The molecule has 2 fully saturated rings. The number of halogens is 1. The molecule has 4 rings (SSSR count). The molecule has 1 N–H and O–H groups in total. The first-order valence-electron chi connectivity index (χ1n) is 9.38. The fourth-order valence-electron chi connectivity index (χ4n) is 4.18. The maximum atomic E-state index is 11.8. The number of likely N-dealkylation sites (tertiary alicyclic amines) is 1. The first-order valence-corrected chi connectivity index (χ1v) is 9.38. The summed E-state index contributed by atoms with van der Waals surface area (Å²) >= 11 is 0. The SMILES string of the molecule is CCN1CC2(CCN(CCc3c[nH]c4ccccc34)CC2)OCC1=O.Cl. The largest absolute Gasteiger partial charge is 0.363 e. The summed E-state index contributed by atoms with van der Waals surface area (Å²) < 4.78 is 5.98. The van der Waals surface area contributed by atoms with Crippen LogP contribution in [0.5, 0.6) is 0 Å². The number of hydrogen-bond acceptors (Lipinski definition) is 3. The molecule has 0 bridgehead atoms. The number of nitrogens with one attached hydrogen (secondary N) is 1. The van der Waals surface area contributed by atoms with E-state index in [4.69, 9.17) is 4.74 Å². The zero-order valence-corrected chi connectivity index (χ0v) is 16.2. The van der Waals surface area contributed by atoms with Gasteiger partial charge in [0.25, 0.3) is 0 Å². The van der Waals surface area contributed by atoms with Gasteiger partial charge in [0, 0.05) is 49.8 Å². The molecule has 2 aliphatic heterocycles. The number of hydrogen-bond donors (Lipinski definition) is 1. The number of amides is 1. The predicted octanol–water partition coefficient (Wildman–Crippen LogP) is 2.85. The Morgan fingerprint density at radius 3 is 2.77 bits per heavy atom. The van der Waals surface area contributed by atoms with E-state index in [0.29, 0.717) is 0 Å². The number of H-pyrrole nitrogens is 1. The smallest absolute Gasteiger partial charge is 0.248 e. The zero-order valence-electron chi connectivity index (χ0n) is 15.4. The van der Waals surface area contributed by atoms with E-state index in [-0.39, 0.29) is 30.5 Å². The maximum Gasteiger partial charge on any atom is 0.248 e. The number of morpholine rings is 1. The number of carbonyl (C=O) groups excluding carboxylic acids is 1. The number of piperidine rings is 1. The fraction of sp³-hybridized carbons (Fsp3) is 0.550. The van der Waals surface area contributed by atoms with E-state index in [1.807, 2.05) is 11.8 Å². The van der Waals surface area contributed by atoms with Crippen LogP contribution in [0.25, 0.3) is 10.9 Å². The number of ether oxygens (including phenoxy) is 1. The third-order valence-electron chi connectivity index (χ3n) is 5.85. The zero-order chi connectivity index (χ0) is 17.3. The van der Waals surface area contributed by atoms with Gasteiger partial charge >= 0.3 is 0 Å². The van der Waals surface area contributed by atoms with E-state index < -0.39 is 0 Å². The van der Waals surface area contributed by atoms with Crippen molar-refractivity contribution in [2.45, 2.75) is 31.8 Å². The first-order chi connectivity index (χ1) is 12.2. The third kappa shape index (κ3) is 3.75. The first kappa shape index (κ1) is 19.2. The van der Waals surface area contributed by atoms with Crippen molar-refractivity contribution in [1.29, 1.82) is 0 Å². The van der Waals surface area contributed by atoms with Crippen LogP contribution >= 0.6 is 12.4 Å². The Kier molecular flexibility index (Phi) is 5.90. The molecule has 142 valence electrons. The molecule has 3 heterocycles. The Hall–Kier alpha value is -1.56. The molecule has 0 aliphatic carbocycles. The minimum atomic E-state index is -0.110. The highest BCUT2D eigenvalue weighted by atomic mass is 35.5. The van der Waals surface area contributed by atoms with Gasteiger partial charge in [-0.25, -0.2) is 0 Å². The molecule has 1 amide bonds. The summed E-state index contributed by atoms with van der Waals surface area (Å²) in [5.41, 5.74) is 2.50. The summed E-state index contributed by atoms with van der Waals surface area (Å²) in [6, 6.07) is 8.50. The molecule has 0 atom stereocenters. The van der Waals surface area contributed by atoms with Crippen molar-refractivity contribution >= 4 is 29.2 Å². The number of benzene rings is 1. The number of likely N-dealkylation sites (N-methyl/N-ethyl adjacent to an activating group) is 1. The van der Waals surface area contributed by atoms with Crippen molar-refractivity contribution < 1.29 is 9.53 Å². The number of rotatable bonds is 4. The van der Waals surface area contributed by atoms with Crippen LogP contribution in [0.15, 0.2) is 30.5 Å². The molecule has 1 aromatic carbocycles. The van der Waals surface area contributed by atoms with Crippen LogP contribution in [-0.2, 0) is 16.0 Å². The van der Waals surface area contributed by atoms with Crippen LogP contribution in [0.3, 0.4) is 0 Å². The molecule has 6 heteroatoms. The van der Waals surface area contributed by atoms with Gasteiger partial charge in [0.15, 0.2) is 0 Å². The number of aromatic amines is 1. The lowest BCUT2D eigenvalue weighted by atomic mass is 9.89. The van der Waals surface area contributed by atoms with Crippen LogP contribution < -0.4 is 0 Å². The van der Waals surface area contributed by atoms with Crippen molar-refractivity contribution in [3.8, 4) is 0 Å². The lowest BCUT2D eigenvalue weighted by molar-refractivity contribution is -0.171. The van der Waals surface area contributed by atoms with Gasteiger partial charge < -0.3 is 19.5 Å². The topological polar surface area (TPSA) is 48.6 Å². The van der Waals surface area contributed by atoms with Gasteiger partial charge in [0.05, 0.1) is 5.60 Å². The Balaban J connectivity index is 0.00000196. The maximum absolute atomic E-state index is 11.8. The second-order valence-corrected chi connectivity index (χ2v) is 7.33. The third-order valence-corrected chi connectivity index (χ3v) is 5.85. The van der Waals surface area contributed by atoms with Crippen molar-refractivity contribution in [3.05, 3.63) is 36.0 Å². The minimum Gasteiger partial charge on any atom is -0.363 e. The van der Waals surface area contributed by atoms with E-state index in [9.17, 15) is 4.79 Å². The summed E-state index contributed by atoms with van der Waals surface area (Å²) in [6.07, 6.45) is 5.25. The second-order valence-electron chi connectivity index (χ2n) is 7.33. The van der Waals surface area contributed by atoms with E-state index in [2.05, 4.69) is 40.3 Å². The van der Waals surface area contributed by atoms with Gasteiger partial charge in [-0.1, -0.05) is 18.2 Å². The molecule has 0 saturated carbocycles. The van der Waals surface area contributed by atoms with Crippen molar-refractivity contribution in [3.63, 3.8) is 0 Å². The predicted molar refractivity (Wildman–Crippen MR) is 106 cm³/mol. The van der Waals surface area contributed by atoms with E-state index in [1.54, 1.807) is 0 Å². The Labute approximate surface area is 161 Å². The molecule has 26 heavy (non-hydrogen) atoms. The van der Waals surface area contributed by atoms with Gasteiger partial charge in [-0.15, -0.1) is 12.4 Å². The molecule has 0 radical (unpaired) electrons. The second kappa shape index (κ2) is 7.99. The highest BCUT2D eigenvalue weighted by Crippen LogP contribution is 2.30. The Morgan fingerprint density at radius 2 is 2.00 bits per heavy atom. The normalized spacial score (nSPS) is 20.5. The van der Waals surface area contributed by atoms with Crippen LogP contribution in [0.1, 0.15) is 25.3 Å². The standard InChI is InChI=1S/C20H27N3O2.ClH/c1-2-23-15-20(25-14-19(23)24)8-11-22(12-9-20)10-7-16-13-21-18-6-4-3-5-17(16)18;/h3-6,13,21H,2,7-12,14-15H2,1H3;1H. The number of para-hydroxylation sites is 1. The Bertz CT molecular complexity index is 752. The van der Waals surface area contributed by atoms with Gasteiger partial charge in [-0.05, 0) is 37.8 Å². The minimum absolute atomic E-state index is 0. The molecule has 0 unspecified atom stereocenters. The van der Waals surface area contributed by atoms with E-state index >= 15 is 0 Å².